The lowest BCUT2D eigenvalue weighted by atomic mass is 10.0. The van der Waals surface area contributed by atoms with Crippen molar-refractivity contribution in [2.45, 2.75) is 19.4 Å². The topological polar surface area (TPSA) is 32.3 Å². The second-order valence-corrected chi connectivity index (χ2v) is 3.12. The normalized spacial score (nSPS) is 12.8. The number of benzene rings is 1. The van der Waals surface area contributed by atoms with Crippen LogP contribution in [-0.4, -0.2) is 18.8 Å². The third-order valence-corrected chi connectivity index (χ3v) is 2.32. The zero-order chi connectivity index (χ0) is 9.68. The van der Waals surface area contributed by atoms with E-state index < -0.39 is 0 Å². The Balaban J connectivity index is 2.78. The molecule has 1 aromatic carbocycles. The first-order valence-electron chi connectivity index (χ1n) is 4.68. The number of aliphatic hydroxyl groups is 1. The molecule has 0 fully saturated rings. The summed E-state index contributed by atoms with van der Waals surface area (Å²) in [5.74, 6) is 0. The van der Waals surface area contributed by atoms with Gasteiger partial charge in [-0.3, -0.25) is 0 Å². The summed E-state index contributed by atoms with van der Waals surface area (Å²) >= 11 is 0. The van der Waals surface area contributed by atoms with E-state index in [0.717, 1.165) is 12.0 Å². The molecular formula is C11H17NO. The van der Waals surface area contributed by atoms with Crippen LogP contribution in [0.4, 0.5) is 0 Å². The van der Waals surface area contributed by atoms with Crippen LogP contribution in [0.1, 0.15) is 24.1 Å². The van der Waals surface area contributed by atoms with Crippen LogP contribution in [0.3, 0.4) is 0 Å². The highest BCUT2D eigenvalue weighted by atomic mass is 16.3. The van der Waals surface area contributed by atoms with Gasteiger partial charge in [-0.1, -0.05) is 31.2 Å². The molecule has 0 aliphatic carbocycles. The fraction of sp³-hybridized carbons (Fsp3) is 0.455. The number of nitrogens with one attached hydrogen (secondary N) is 1. The van der Waals surface area contributed by atoms with Crippen molar-refractivity contribution in [3.05, 3.63) is 35.4 Å². The van der Waals surface area contributed by atoms with Gasteiger partial charge in [-0.05, 0) is 24.6 Å². The van der Waals surface area contributed by atoms with Gasteiger partial charge in [0, 0.05) is 0 Å². The lowest BCUT2D eigenvalue weighted by molar-refractivity contribution is 0.251. The third-order valence-electron chi connectivity index (χ3n) is 2.32. The Morgan fingerprint density at radius 3 is 2.31 bits per heavy atom. The molecule has 0 aliphatic heterocycles. The Bertz CT molecular complexity index is 239. The number of aryl methyl sites for hydroxylation is 1. The average Bonchev–Trinajstić information content (AvgIpc) is 2.21. The van der Waals surface area contributed by atoms with Crippen LogP contribution in [0.15, 0.2) is 24.3 Å². The van der Waals surface area contributed by atoms with Crippen molar-refractivity contribution < 1.29 is 5.11 Å². The van der Waals surface area contributed by atoms with E-state index in [0.29, 0.717) is 0 Å². The molecular weight excluding hydrogens is 162 g/mol. The molecule has 2 heteroatoms. The molecule has 0 saturated carbocycles. The molecule has 0 aromatic heterocycles. The van der Waals surface area contributed by atoms with Gasteiger partial charge in [0.15, 0.2) is 0 Å². The Hall–Kier alpha value is -0.860. The van der Waals surface area contributed by atoms with E-state index in [4.69, 9.17) is 5.11 Å². The lowest BCUT2D eigenvalue weighted by Gasteiger charge is -2.13. The molecule has 2 N–H and O–H groups in total. The van der Waals surface area contributed by atoms with E-state index in [1.165, 1.54) is 5.56 Å². The molecule has 2 nitrogen and oxygen atoms in total. The maximum Gasteiger partial charge on any atom is 0.0626 e. The summed E-state index contributed by atoms with van der Waals surface area (Å²) in [6, 6.07) is 8.41. The second-order valence-electron chi connectivity index (χ2n) is 3.12. The first-order chi connectivity index (χ1) is 6.31. The van der Waals surface area contributed by atoms with Crippen LogP contribution in [0, 0.1) is 0 Å². The summed E-state index contributed by atoms with van der Waals surface area (Å²) < 4.78 is 0. The average molecular weight is 179 g/mol. The van der Waals surface area contributed by atoms with Crippen molar-refractivity contribution in [1.82, 2.24) is 5.32 Å². The highest BCUT2D eigenvalue weighted by molar-refractivity contribution is 5.24. The Morgan fingerprint density at radius 2 is 1.92 bits per heavy atom. The predicted molar refractivity (Wildman–Crippen MR) is 54.7 cm³/mol. The van der Waals surface area contributed by atoms with Gasteiger partial charge >= 0.3 is 0 Å². The standard InChI is InChI=1S/C11H17NO/c1-3-9-4-6-10(7-5-9)11(8-13)12-2/h4-7,11-13H,3,8H2,1-2H3. The number of likely N-dealkylation sites (N-methyl/N-ethyl adjacent to an activating group) is 1. The molecule has 1 rings (SSSR count). The van der Waals surface area contributed by atoms with Crippen molar-refractivity contribution in [2.24, 2.45) is 0 Å². The van der Waals surface area contributed by atoms with Gasteiger partial charge < -0.3 is 10.4 Å². The van der Waals surface area contributed by atoms with Crippen LogP contribution in [0.5, 0.6) is 0 Å². The maximum atomic E-state index is 9.04. The summed E-state index contributed by atoms with van der Waals surface area (Å²) in [6.07, 6.45) is 1.06. The SMILES string of the molecule is CCc1ccc(C(CO)NC)cc1. The van der Waals surface area contributed by atoms with Crippen LogP contribution in [0.25, 0.3) is 0 Å². The zero-order valence-corrected chi connectivity index (χ0v) is 8.25. The van der Waals surface area contributed by atoms with Crippen molar-refractivity contribution in [3.8, 4) is 0 Å². The van der Waals surface area contributed by atoms with Gasteiger partial charge in [0.1, 0.15) is 0 Å². The van der Waals surface area contributed by atoms with Gasteiger partial charge in [0.2, 0.25) is 0 Å². The monoisotopic (exact) mass is 179 g/mol. The van der Waals surface area contributed by atoms with E-state index in [1.54, 1.807) is 0 Å². The summed E-state index contributed by atoms with van der Waals surface area (Å²) in [6.45, 7) is 2.28. The Kier molecular flexibility index (Phi) is 3.93. The lowest BCUT2D eigenvalue weighted by Crippen LogP contribution is -2.19. The molecule has 0 aliphatic rings. The van der Waals surface area contributed by atoms with Crippen molar-refractivity contribution in [3.63, 3.8) is 0 Å². The minimum absolute atomic E-state index is 0.0610. The number of rotatable bonds is 4. The number of hydrogen-bond donors (Lipinski definition) is 2. The number of aliphatic hydroxyl groups excluding tert-OH is 1. The van der Waals surface area contributed by atoms with Crippen LogP contribution in [-0.2, 0) is 6.42 Å². The van der Waals surface area contributed by atoms with Crippen LogP contribution in [0.2, 0.25) is 0 Å². The van der Waals surface area contributed by atoms with Crippen LogP contribution < -0.4 is 5.32 Å². The summed E-state index contributed by atoms with van der Waals surface area (Å²) in [7, 11) is 1.86. The van der Waals surface area contributed by atoms with E-state index in [-0.39, 0.29) is 12.6 Å². The van der Waals surface area contributed by atoms with Crippen molar-refractivity contribution in [1.29, 1.82) is 0 Å². The fourth-order valence-electron chi connectivity index (χ4n) is 1.35. The number of hydrogen-bond acceptors (Lipinski definition) is 2. The van der Waals surface area contributed by atoms with E-state index in [2.05, 4.69) is 36.5 Å². The smallest absolute Gasteiger partial charge is 0.0626 e. The third kappa shape index (κ3) is 2.54. The van der Waals surface area contributed by atoms with Gasteiger partial charge in [0.05, 0.1) is 12.6 Å². The molecule has 1 atom stereocenters. The fourth-order valence-corrected chi connectivity index (χ4v) is 1.35. The largest absolute Gasteiger partial charge is 0.394 e. The van der Waals surface area contributed by atoms with Crippen LogP contribution >= 0.6 is 0 Å². The molecule has 0 saturated heterocycles. The van der Waals surface area contributed by atoms with E-state index >= 15 is 0 Å². The molecule has 0 radical (unpaired) electrons. The predicted octanol–water partition coefficient (Wildman–Crippen LogP) is 1.50. The first-order valence-corrected chi connectivity index (χ1v) is 4.68. The Labute approximate surface area is 79.6 Å². The van der Waals surface area contributed by atoms with Crippen molar-refractivity contribution in [2.75, 3.05) is 13.7 Å². The van der Waals surface area contributed by atoms with Crippen molar-refractivity contribution >= 4 is 0 Å². The molecule has 0 spiro atoms. The first kappa shape index (κ1) is 10.2. The molecule has 1 unspecified atom stereocenters. The quantitative estimate of drug-likeness (QED) is 0.734. The maximum absolute atomic E-state index is 9.04. The molecule has 13 heavy (non-hydrogen) atoms. The minimum Gasteiger partial charge on any atom is -0.394 e. The van der Waals surface area contributed by atoms with Gasteiger partial charge in [-0.15, -0.1) is 0 Å². The summed E-state index contributed by atoms with van der Waals surface area (Å²) in [5, 5.41) is 12.1. The second kappa shape index (κ2) is 5.00. The van der Waals surface area contributed by atoms with E-state index in [9.17, 15) is 0 Å². The highest BCUT2D eigenvalue weighted by Gasteiger charge is 2.05. The Morgan fingerprint density at radius 1 is 1.31 bits per heavy atom. The van der Waals surface area contributed by atoms with E-state index in [1.807, 2.05) is 7.05 Å². The minimum atomic E-state index is 0.0610. The molecule has 1 aromatic rings. The van der Waals surface area contributed by atoms with Gasteiger partial charge in [-0.2, -0.15) is 0 Å². The molecule has 0 heterocycles. The molecule has 72 valence electrons. The summed E-state index contributed by atoms with van der Waals surface area (Å²) in [5.41, 5.74) is 2.47. The van der Waals surface area contributed by atoms with Gasteiger partial charge in [-0.25, -0.2) is 0 Å². The molecule has 0 bridgehead atoms. The van der Waals surface area contributed by atoms with Gasteiger partial charge in [0.25, 0.3) is 0 Å². The highest BCUT2D eigenvalue weighted by Crippen LogP contribution is 2.12. The zero-order valence-electron chi connectivity index (χ0n) is 8.25. The summed E-state index contributed by atoms with van der Waals surface area (Å²) in [4.78, 5) is 0. The molecule has 0 amide bonds.